The maximum atomic E-state index is 12.2. The number of carbonyl (C=O) groups is 2. The lowest BCUT2D eigenvalue weighted by molar-refractivity contribution is -0.114. The van der Waals surface area contributed by atoms with Crippen molar-refractivity contribution in [2.24, 2.45) is 0 Å². The Labute approximate surface area is 165 Å². The van der Waals surface area contributed by atoms with Crippen molar-refractivity contribution in [2.45, 2.75) is 32.8 Å². The van der Waals surface area contributed by atoms with E-state index in [0.29, 0.717) is 17.8 Å². The second kappa shape index (κ2) is 9.37. The number of benzene rings is 2. The maximum Gasteiger partial charge on any atom is 0.251 e. The Balaban J connectivity index is 1.48. The molecule has 1 heterocycles. The second-order valence-electron chi connectivity index (χ2n) is 7.09. The highest BCUT2D eigenvalue weighted by Crippen LogP contribution is 2.19. The first-order valence-electron chi connectivity index (χ1n) is 9.63. The first-order valence-corrected chi connectivity index (χ1v) is 9.63. The van der Waals surface area contributed by atoms with Crippen molar-refractivity contribution in [1.82, 2.24) is 5.32 Å². The fraction of sp³-hybridized carbons (Fsp3) is 0.364. The Morgan fingerprint density at radius 1 is 1.07 bits per heavy atom. The summed E-state index contributed by atoms with van der Waals surface area (Å²) in [5.41, 5.74) is 4.40. The van der Waals surface area contributed by atoms with E-state index in [1.165, 1.54) is 0 Å². The smallest absolute Gasteiger partial charge is 0.251 e. The normalized spacial score (nSPS) is 15.9. The number of rotatable bonds is 7. The maximum absolute atomic E-state index is 12.2. The SMILES string of the molecule is Cc1cccc(C)c1NCC(=O)Nc1ccc(C(=O)NCC2CCCO2)cc1. The molecule has 1 unspecified atom stereocenters. The third kappa shape index (κ3) is 5.33. The second-order valence-corrected chi connectivity index (χ2v) is 7.09. The molecule has 2 amide bonds. The predicted molar refractivity (Wildman–Crippen MR) is 111 cm³/mol. The van der Waals surface area contributed by atoms with Crippen LogP contribution in [0.1, 0.15) is 34.3 Å². The Bertz CT molecular complexity index is 807. The molecule has 1 aliphatic rings. The van der Waals surface area contributed by atoms with E-state index in [1.54, 1.807) is 24.3 Å². The number of aryl methyl sites for hydroxylation is 2. The summed E-state index contributed by atoms with van der Waals surface area (Å²) in [5.74, 6) is -0.275. The van der Waals surface area contributed by atoms with E-state index in [1.807, 2.05) is 32.0 Å². The summed E-state index contributed by atoms with van der Waals surface area (Å²) in [6.07, 6.45) is 2.15. The third-order valence-corrected chi connectivity index (χ3v) is 4.85. The number of anilines is 2. The standard InChI is InChI=1S/C22H27N3O3/c1-15-5-3-6-16(2)21(15)23-14-20(26)25-18-10-8-17(9-11-18)22(27)24-13-19-7-4-12-28-19/h3,5-6,8-11,19,23H,4,7,12-14H2,1-2H3,(H,24,27)(H,25,26). The van der Waals surface area contributed by atoms with Gasteiger partial charge in [0.15, 0.2) is 0 Å². The van der Waals surface area contributed by atoms with Crippen LogP contribution in [-0.2, 0) is 9.53 Å². The van der Waals surface area contributed by atoms with Gasteiger partial charge in [0.05, 0.1) is 12.6 Å². The highest BCUT2D eigenvalue weighted by molar-refractivity contribution is 5.96. The van der Waals surface area contributed by atoms with Crippen LogP contribution in [0, 0.1) is 13.8 Å². The molecule has 1 atom stereocenters. The van der Waals surface area contributed by atoms with E-state index in [4.69, 9.17) is 4.74 Å². The van der Waals surface area contributed by atoms with Crippen LogP contribution >= 0.6 is 0 Å². The van der Waals surface area contributed by atoms with Gasteiger partial charge in [-0.25, -0.2) is 0 Å². The first-order chi connectivity index (χ1) is 13.5. The highest BCUT2D eigenvalue weighted by Gasteiger charge is 2.16. The Morgan fingerprint density at radius 2 is 1.79 bits per heavy atom. The zero-order chi connectivity index (χ0) is 19.9. The number of ether oxygens (including phenoxy) is 1. The summed E-state index contributed by atoms with van der Waals surface area (Å²) < 4.78 is 5.50. The van der Waals surface area contributed by atoms with Gasteiger partial charge in [0.25, 0.3) is 5.91 Å². The fourth-order valence-electron chi connectivity index (χ4n) is 3.29. The molecular weight excluding hydrogens is 354 g/mol. The van der Waals surface area contributed by atoms with Crippen LogP contribution in [0.2, 0.25) is 0 Å². The van der Waals surface area contributed by atoms with E-state index in [-0.39, 0.29) is 24.5 Å². The molecule has 6 nitrogen and oxygen atoms in total. The minimum Gasteiger partial charge on any atom is -0.376 e. The summed E-state index contributed by atoms with van der Waals surface area (Å²) in [5, 5.41) is 8.92. The van der Waals surface area contributed by atoms with Crippen molar-refractivity contribution in [3.8, 4) is 0 Å². The lowest BCUT2D eigenvalue weighted by Crippen LogP contribution is -2.31. The van der Waals surface area contributed by atoms with Gasteiger partial charge in [0.2, 0.25) is 5.91 Å². The molecule has 1 aliphatic heterocycles. The largest absolute Gasteiger partial charge is 0.376 e. The molecule has 0 aromatic heterocycles. The highest BCUT2D eigenvalue weighted by atomic mass is 16.5. The van der Waals surface area contributed by atoms with Crippen LogP contribution in [-0.4, -0.2) is 37.6 Å². The molecule has 0 bridgehead atoms. The van der Waals surface area contributed by atoms with Crippen LogP contribution in [0.15, 0.2) is 42.5 Å². The Morgan fingerprint density at radius 3 is 2.43 bits per heavy atom. The predicted octanol–water partition coefficient (Wildman–Crippen LogP) is 3.26. The third-order valence-electron chi connectivity index (χ3n) is 4.85. The first kappa shape index (κ1) is 19.9. The van der Waals surface area contributed by atoms with Crippen LogP contribution in [0.3, 0.4) is 0 Å². The number of hydrogen-bond donors (Lipinski definition) is 3. The molecule has 0 saturated carbocycles. The van der Waals surface area contributed by atoms with Gasteiger partial charge in [-0.3, -0.25) is 9.59 Å². The molecule has 3 rings (SSSR count). The zero-order valence-electron chi connectivity index (χ0n) is 16.4. The van der Waals surface area contributed by atoms with Crippen molar-refractivity contribution < 1.29 is 14.3 Å². The molecule has 2 aromatic carbocycles. The Kier molecular flexibility index (Phi) is 6.66. The lowest BCUT2D eigenvalue weighted by Gasteiger charge is -2.13. The van der Waals surface area contributed by atoms with Gasteiger partial charge in [-0.2, -0.15) is 0 Å². The van der Waals surface area contributed by atoms with Crippen molar-refractivity contribution in [1.29, 1.82) is 0 Å². The van der Waals surface area contributed by atoms with Crippen molar-refractivity contribution in [2.75, 3.05) is 30.3 Å². The van der Waals surface area contributed by atoms with E-state index < -0.39 is 0 Å². The molecule has 6 heteroatoms. The van der Waals surface area contributed by atoms with Crippen LogP contribution in [0.5, 0.6) is 0 Å². The molecule has 1 saturated heterocycles. The Hall–Kier alpha value is -2.86. The van der Waals surface area contributed by atoms with E-state index >= 15 is 0 Å². The minimum atomic E-state index is -0.141. The van der Waals surface area contributed by atoms with Gasteiger partial charge in [-0.1, -0.05) is 18.2 Å². The van der Waals surface area contributed by atoms with Gasteiger partial charge in [0, 0.05) is 30.1 Å². The molecule has 1 fully saturated rings. The van der Waals surface area contributed by atoms with E-state index in [0.717, 1.165) is 36.3 Å². The summed E-state index contributed by atoms with van der Waals surface area (Å²) in [6.45, 7) is 5.50. The summed E-state index contributed by atoms with van der Waals surface area (Å²) >= 11 is 0. The lowest BCUT2D eigenvalue weighted by atomic mass is 10.1. The van der Waals surface area contributed by atoms with Crippen LogP contribution < -0.4 is 16.0 Å². The van der Waals surface area contributed by atoms with Gasteiger partial charge >= 0.3 is 0 Å². The zero-order valence-corrected chi connectivity index (χ0v) is 16.4. The number of nitrogens with one attached hydrogen (secondary N) is 3. The molecule has 0 aliphatic carbocycles. The molecule has 0 spiro atoms. The average Bonchev–Trinajstić information content (AvgIpc) is 3.20. The summed E-state index contributed by atoms with van der Waals surface area (Å²) in [7, 11) is 0. The van der Waals surface area contributed by atoms with E-state index in [2.05, 4.69) is 16.0 Å². The number of amides is 2. The topological polar surface area (TPSA) is 79.5 Å². The van der Waals surface area contributed by atoms with Crippen LogP contribution in [0.4, 0.5) is 11.4 Å². The van der Waals surface area contributed by atoms with Crippen LogP contribution in [0.25, 0.3) is 0 Å². The molecule has 2 aromatic rings. The monoisotopic (exact) mass is 381 g/mol. The number of carbonyl (C=O) groups excluding carboxylic acids is 2. The molecule has 148 valence electrons. The summed E-state index contributed by atoms with van der Waals surface area (Å²) in [4.78, 5) is 24.4. The average molecular weight is 381 g/mol. The van der Waals surface area contributed by atoms with Crippen molar-refractivity contribution >= 4 is 23.2 Å². The van der Waals surface area contributed by atoms with Crippen molar-refractivity contribution in [3.63, 3.8) is 0 Å². The molecule has 3 N–H and O–H groups in total. The van der Waals surface area contributed by atoms with Gasteiger partial charge in [0.1, 0.15) is 0 Å². The van der Waals surface area contributed by atoms with Gasteiger partial charge < -0.3 is 20.7 Å². The van der Waals surface area contributed by atoms with Gasteiger partial charge in [-0.05, 0) is 62.1 Å². The number of para-hydroxylation sites is 1. The molecular formula is C22H27N3O3. The molecule has 28 heavy (non-hydrogen) atoms. The minimum absolute atomic E-state index is 0.117. The number of hydrogen-bond acceptors (Lipinski definition) is 4. The van der Waals surface area contributed by atoms with Gasteiger partial charge in [-0.15, -0.1) is 0 Å². The van der Waals surface area contributed by atoms with Crippen molar-refractivity contribution in [3.05, 3.63) is 59.2 Å². The molecule has 0 radical (unpaired) electrons. The fourth-order valence-corrected chi connectivity index (χ4v) is 3.29. The summed E-state index contributed by atoms with van der Waals surface area (Å²) in [6, 6.07) is 12.9. The van der Waals surface area contributed by atoms with E-state index in [9.17, 15) is 9.59 Å². The quantitative estimate of drug-likeness (QED) is 0.688.